The summed E-state index contributed by atoms with van der Waals surface area (Å²) in [5.74, 6) is -0.318. The molecule has 3 aromatic rings. The lowest BCUT2D eigenvalue weighted by Gasteiger charge is -2.16. The van der Waals surface area contributed by atoms with Gasteiger partial charge in [0.05, 0.1) is 12.2 Å². The van der Waals surface area contributed by atoms with Gasteiger partial charge >= 0.3 is 0 Å². The lowest BCUT2D eigenvalue weighted by molar-refractivity contribution is -0.117. The third-order valence-electron chi connectivity index (χ3n) is 4.89. The fourth-order valence-electron chi connectivity index (χ4n) is 3.48. The van der Waals surface area contributed by atoms with Crippen molar-refractivity contribution in [2.24, 2.45) is 0 Å². The summed E-state index contributed by atoms with van der Waals surface area (Å²) < 4.78 is 0. The van der Waals surface area contributed by atoms with E-state index < -0.39 is 0 Å². The van der Waals surface area contributed by atoms with Gasteiger partial charge in [0.15, 0.2) is 0 Å². The molecule has 5 nitrogen and oxygen atoms in total. The van der Waals surface area contributed by atoms with Crippen molar-refractivity contribution in [2.45, 2.75) is 6.54 Å². The number of aromatic nitrogens is 1. The number of benzene rings is 2. The van der Waals surface area contributed by atoms with Gasteiger partial charge in [0.1, 0.15) is 0 Å². The Labute approximate surface area is 157 Å². The average Bonchev–Trinajstić information content (AvgIpc) is 3.03. The van der Waals surface area contributed by atoms with Gasteiger partial charge in [-0.1, -0.05) is 30.8 Å². The number of nitrogens with one attached hydrogen (secondary N) is 1. The topological polar surface area (TPSA) is 62.3 Å². The zero-order valence-electron chi connectivity index (χ0n) is 15.0. The second-order valence-corrected chi connectivity index (χ2v) is 6.59. The lowest BCUT2D eigenvalue weighted by atomic mass is 9.98. The Morgan fingerprint density at radius 3 is 2.78 bits per heavy atom. The molecule has 0 radical (unpaired) electrons. The third kappa shape index (κ3) is 2.97. The first kappa shape index (κ1) is 17.0. The summed E-state index contributed by atoms with van der Waals surface area (Å²) in [6.45, 7) is 4.47. The fraction of sp³-hybridized carbons (Fsp3) is 0.136. The first-order chi connectivity index (χ1) is 13.1. The Bertz CT molecular complexity index is 1070. The van der Waals surface area contributed by atoms with Crippen molar-refractivity contribution < 1.29 is 9.59 Å². The smallest absolute Gasteiger partial charge is 0.254 e. The van der Waals surface area contributed by atoms with Crippen LogP contribution >= 0.6 is 0 Å². The van der Waals surface area contributed by atoms with Crippen LogP contribution in [0.2, 0.25) is 0 Å². The van der Waals surface area contributed by atoms with Crippen molar-refractivity contribution in [3.63, 3.8) is 0 Å². The van der Waals surface area contributed by atoms with Crippen LogP contribution in [-0.4, -0.2) is 35.3 Å². The molecule has 0 fully saturated rings. The van der Waals surface area contributed by atoms with Gasteiger partial charge in [-0.3, -0.25) is 14.6 Å². The number of hydrogen-bond acceptors (Lipinski definition) is 3. The largest absolute Gasteiger partial charge is 0.355 e. The second-order valence-electron chi connectivity index (χ2n) is 6.59. The summed E-state index contributed by atoms with van der Waals surface area (Å²) in [5.41, 5.74) is 3.95. The third-order valence-corrected chi connectivity index (χ3v) is 4.89. The number of hydrogen-bond donors (Lipinski definition) is 1. The van der Waals surface area contributed by atoms with Crippen LogP contribution in [0.15, 0.2) is 66.9 Å². The first-order valence-electron chi connectivity index (χ1n) is 8.74. The van der Waals surface area contributed by atoms with E-state index in [-0.39, 0.29) is 18.4 Å². The summed E-state index contributed by atoms with van der Waals surface area (Å²) in [5, 5.41) is 4.66. The van der Waals surface area contributed by atoms with E-state index in [1.165, 1.54) is 0 Å². The maximum absolute atomic E-state index is 12.8. The molecule has 0 saturated heterocycles. The molecule has 0 saturated carbocycles. The minimum Gasteiger partial charge on any atom is -0.355 e. The van der Waals surface area contributed by atoms with Crippen LogP contribution in [0.1, 0.15) is 15.9 Å². The summed E-state index contributed by atoms with van der Waals surface area (Å²) in [4.78, 5) is 30.6. The molecule has 0 unspecified atom stereocenters. The molecule has 2 heterocycles. The quantitative estimate of drug-likeness (QED) is 0.730. The fourth-order valence-corrected chi connectivity index (χ4v) is 3.48. The summed E-state index contributed by atoms with van der Waals surface area (Å²) in [6.07, 6.45) is 1.77. The number of carbonyl (C=O) groups excluding carboxylic acids is 2. The number of amides is 2. The molecule has 1 aliphatic rings. The molecule has 1 aliphatic heterocycles. The van der Waals surface area contributed by atoms with E-state index in [9.17, 15) is 9.59 Å². The SMILES string of the molecule is C=C(CN1Cc2c(ccc3ccc(-c4ccccn4)cc23)C1=O)C(=O)NC. The molecule has 4 rings (SSSR count). The van der Waals surface area contributed by atoms with E-state index in [2.05, 4.69) is 29.0 Å². The number of carbonyl (C=O) groups is 2. The molecule has 2 amide bonds. The van der Waals surface area contributed by atoms with Gasteiger partial charge in [-0.05, 0) is 40.6 Å². The molecule has 5 heteroatoms. The molecule has 0 aliphatic carbocycles. The highest BCUT2D eigenvalue weighted by Crippen LogP contribution is 2.33. The van der Waals surface area contributed by atoms with Crippen molar-refractivity contribution in [1.29, 1.82) is 0 Å². The minimum atomic E-state index is -0.249. The van der Waals surface area contributed by atoms with Gasteiger partial charge < -0.3 is 10.2 Å². The summed E-state index contributed by atoms with van der Waals surface area (Å²) in [6, 6.07) is 15.8. The van der Waals surface area contributed by atoms with Gasteiger partial charge in [0, 0.05) is 36.5 Å². The highest BCUT2D eigenvalue weighted by Gasteiger charge is 2.29. The predicted octanol–water partition coefficient (Wildman–Crippen LogP) is 3.16. The van der Waals surface area contributed by atoms with Crippen molar-refractivity contribution >= 4 is 22.6 Å². The first-order valence-corrected chi connectivity index (χ1v) is 8.74. The Balaban J connectivity index is 1.73. The van der Waals surface area contributed by atoms with Crippen LogP contribution < -0.4 is 5.32 Å². The molecule has 0 bridgehead atoms. The van der Waals surface area contributed by atoms with Crippen LogP contribution in [0, 0.1) is 0 Å². The van der Waals surface area contributed by atoms with E-state index in [1.807, 2.05) is 36.4 Å². The van der Waals surface area contributed by atoms with Crippen LogP contribution in [0.3, 0.4) is 0 Å². The van der Waals surface area contributed by atoms with Gasteiger partial charge in [-0.15, -0.1) is 0 Å². The molecular weight excluding hydrogens is 338 g/mol. The molecule has 27 heavy (non-hydrogen) atoms. The monoisotopic (exact) mass is 357 g/mol. The molecule has 134 valence electrons. The van der Waals surface area contributed by atoms with E-state index in [4.69, 9.17) is 0 Å². The Hall–Kier alpha value is -3.47. The van der Waals surface area contributed by atoms with Crippen molar-refractivity contribution in [1.82, 2.24) is 15.2 Å². The Morgan fingerprint density at radius 2 is 2.04 bits per heavy atom. The molecule has 0 spiro atoms. The van der Waals surface area contributed by atoms with Crippen molar-refractivity contribution in [3.05, 3.63) is 78.0 Å². The van der Waals surface area contributed by atoms with Gasteiger partial charge in [0.25, 0.3) is 5.91 Å². The minimum absolute atomic E-state index is 0.0693. The van der Waals surface area contributed by atoms with Crippen LogP contribution in [-0.2, 0) is 11.3 Å². The van der Waals surface area contributed by atoms with Crippen molar-refractivity contribution in [3.8, 4) is 11.3 Å². The summed E-state index contributed by atoms with van der Waals surface area (Å²) in [7, 11) is 1.56. The lowest BCUT2D eigenvalue weighted by Crippen LogP contribution is -2.31. The van der Waals surface area contributed by atoms with E-state index >= 15 is 0 Å². The summed E-state index contributed by atoms with van der Waals surface area (Å²) >= 11 is 0. The van der Waals surface area contributed by atoms with Crippen LogP contribution in [0.5, 0.6) is 0 Å². The van der Waals surface area contributed by atoms with Gasteiger partial charge in [-0.2, -0.15) is 0 Å². The Kier molecular flexibility index (Phi) is 4.20. The number of nitrogens with zero attached hydrogens (tertiary/aromatic N) is 2. The molecule has 0 atom stereocenters. The molecule has 1 N–H and O–H groups in total. The predicted molar refractivity (Wildman–Crippen MR) is 105 cm³/mol. The van der Waals surface area contributed by atoms with Crippen LogP contribution in [0.25, 0.3) is 22.0 Å². The molecule has 2 aromatic carbocycles. The van der Waals surface area contributed by atoms with Crippen molar-refractivity contribution in [2.75, 3.05) is 13.6 Å². The normalized spacial score (nSPS) is 12.9. The standard InChI is InChI=1S/C22H19N3O2/c1-14(21(26)23-2)12-25-13-19-17(22(25)27)9-8-15-6-7-16(11-18(15)19)20-5-3-4-10-24-20/h3-11H,1,12-13H2,2H3,(H,23,26). The number of rotatable bonds is 4. The highest BCUT2D eigenvalue weighted by molar-refractivity contribution is 6.05. The van der Waals surface area contributed by atoms with Crippen LogP contribution in [0.4, 0.5) is 0 Å². The van der Waals surface area contributed by atoms with E-state index in [0.29, 0.717) is 17.7 Å². The van der Waals surface area contributed by atoms with E-state index in [0.717, 1.165) is 27.6 Å². The zero-order chi connectivity index (χ0) is 19.0. The Morgan fingerprint density at radius 1 is 1.22 bits per heavy atom. The number of pyridine rings is 1. The maximum Gasteiger partial charge on any atom is 0.254 e. The van der Waals surface area contributed by atoms with E-state index in [1.54, 1.807) is 18.1 Å². The van der Waals surface area contributed by atoms with Gasteiger partial charge in [-0.25, -0.2) is 0 Å². The number of fused-ring (bicyclic) bond motifs is 3. The number of likely N-dealkylation sites (N-methyl/N-ethyl adjacent to an activating group) is 1. The second kappa shape index (κ2) is 6.68. The van der Waals surface area contributed by atoms with Gasteiger partial charge in [0.2, 0.25) is 5.91 Å². The molecular formula is C22H19N3O2. The average molecular weight is 357 g/mol. The molecule has 1 aromatic heterocycles. The highest BCUT2D eigenvalue weighted by atomic mass is 16.2. The zero-order valence-corrected chi connectivity index (χ0v) is 15.0. The maximum atomic E-state index is 12.8.